The molecule has 0 aliphatic heterocycles. The second kappa shape index (κ2) is 5.49. The van der Waals surface area contributed by atoms with Gasteiger partial charge in [-0.25, -0.2) is 0 Å². The molecule has 0 aromatic carbocycles. The number of esters is 1. The van der Waals surface area contributed by atoms with Crippen LogP contribution >= 0.6 is 0 Å². The van der Waals surface area contributed by atoms with Gasteiger partial charge in [-0.3, -0.25) is 9.59 Å². The van der Waals surface area contributed by atoms with E-state index in [1.807, 2.05) is 0 Å². The second-order valence-electron chi connectivity index (χ2n) is 5.29. The van der Waals surface area contributed by atoms with Gasteiger partial charge in [-0.05, 0) is 26.7 Å². The van der Waals surface area contributed by atoms with E-state index in [0.29, 0.717) is 0 Å². The van der Waals surface area contributed by atoms with Crippen LogP contribution in [0.3, 0.4) is 0 Å². The first-order valence-electron chi connectivity index (χ1n) is 6.00. The lowest BCUT2D eigenvalue weighted by molar-refractivity contribution is -0.150. The maximum Gasteiger partial charge on any atom is 0.313 e. The van der Waals surface area contributed by atoms with Crippen molar-refractivity contribution in [3.05, 3.63) is 0 Å². The summed E-state index contributed by atoms with van der Waals surface area (Å²) in [4.78, 5) is 23.3. The molecule has 5 heteroatoms. The number of ether oxygens (including phenoxy) is 1. The second-order valence-corrected chi connectivity index (χ2v) is 5.29. The van der Waals surface area contributed by atoms with E-state index in [9.17, 15) is 9.59 Å². The average Bonchev–Trinajstić information content (AvgIpc) is 2.71. The Balaban J connectivity index is 2.45. The van der Waals surface area contributed by atoms with Crippen LogP contribution in [-0.2, 0) is 14.3 Å². The molecule has 2 atom stereocenters. The highest BCUT2D eigenvalue weighted by Gasteiger charge is 2.33. The Bertz CT molecular complexity index is 302. The highest BCUT2D eigenvalue weighted by Crippen LogP contribution is 2.24. The van der Waals surface area contributed by atoms with Crippen molar-refractivity contribution in [2.45, 2.75) is 39.2 Å². The van der Waals surface area contributed by atoms with Crippen LogP contribution in [0.1, 0.15) is 33.1 Å². The summed E-state index contributed by atoms with van der Waals surface area (Å²) in [6.45, 7) is 3.77. The Kier molecular flexibility index (Phi) is 4.51. The Morgan fingerprint density at radius 2 is 2.06 bits per heavy atom. The zero-order valence-corrected chi connectivity index (χ0v) is 10.8. The lowest BCUT2D eigenvalue weighted by atomic mass is 9.93. The number of carbonyl (C=O) groups is 2. The van der Waals surface area contributed by atoms with Gasteiger partial charge in [0.2, 0.25) is 5.91 Å². The van der Waals surface area contributed by atoms with Crippen LogP contribution in [0.4, 0.5) is 0 Å². The van der Waals surface area contributed by atoms with E-state index in [1.165, 1.54) is 7.11 Å². The fourth-order valence-corrected chi connectivity index (χ4v) is 2.10. The molecule has 1 rings (SSSR count). The summed E-state index contributed by atoms with van der Waals surface area (Å²) < 4.78 is 4.68. The Hall–Kier alpha value is -1.10. The zero-order chi connectivity index (χ0) is 13.1. The molecule has 0 radical (unpaired) electrons. The number of nitrogens with two attached hydrogens (primary N) is 1. The molecule has 0 bridgehead atoms. The van der Waals surface area contributed by atoms with Crippen molar-refractivity contribution in [1.82, 2.24) is 5.32 Å². The summed E-state index contributed by atoms with van der Waals surface area (Å²) in [7, 11) is 1.35. The fourth-order valence-electron chi connectivity index (χ4n) is 2.10. The predicted octanol–water partition coefficient (Wildman–Crippen LogP) is 0.429. The number of methoxy groups -OCH3 is 1. The van der Waals surface area contributed by atoms with Gasteiger partial charge in [-0.1, -0.05) is 6.42 Å². The first kappa shape index (κ1) is 14.0. The molecule has 17 heavy (non-hydrogen) atoms. The molecule has 0 spiro atoms. The normalized spacial score (nSPS) is 24.5. The first-order valence-corrected chi connectivity index (χ1v) is 6.00. The molecule has 0 saturated heterocycles. The largest absolute Gasteiger partial charge is 0.469 e. The van der Waals surface area contributed by atoms with Gasteiger partial charge >= 0.3 is 5.97 Å². The van der Waals surface area contributed by atoms with Crippen LogP contribution in [0, 0.1) is 11.3 Å². The van der Waals surface area contributed by atoms with E-state index >= 15 is 0 Å². The lowest BCUT2D eigenvalue weighted by Crippen LogP contribution is -2.44. The van der Waals surface area contributed by atoms with Crippen LogP contribution in [-0.4, -0.2) is 31.6 Å². The standard InChI is InChI=1S/C12H22N2O3/c1-12(2,11(16)17-3)7-14-10(15)8-5-4-6-9(8)13/h8-9H,4-7,13H2,1-3H3,(H,14,15). The van der Waals surface area contributed by atoms with Gasteiger partial charge in [-0.15, -0.1) is 0 Å². The summed E-state index contributed by atoms with van der Waals surface area (Å²) in [5.74, 6) is -0.482. The molecule has 1 fully saturated rings. The highest BCUT2D eigenvalue weighted by molar-refractivity contribution is 5.81. The molecule has 1 aliphatic rings. The molecule has 1 saturated carbocycles. The van der Waals surface area contributed by atoms with Gasteiger partial charge in [0.1, 0.15) is 0 Å². The minimum absolute atomic E-state index is 0.0451. The van der Waals surface area contributed by atoms with Crippen LogP contribution in [0.15, 0.2) is 0 Å². The minimum atomic E-state index is -0.701. The predicted molar refractivity (Wildman–Crippen MR) is 64.1 cm³/mol. The Morgan fingerprint density at radius 1 is 1.41 bits per heavy atom. The molecule has 3 N–H and O–H groups in total. The molecule has 98 valence electrons. The van der Waals surface area contributed by atoms with Gasteiger partial charge in [-0.2, -0.15) is 0 Å². The molecule has 2 unspecified atom stereocenters. The van der Waals surface area contributed by atoms with Gasteiger partial charge in [0.15, 0.2) is 0 Å². The summed E-state index contributed by atoms with van der Waals surface area (Å²) in [5, 5.41) is 2.79. The summed E-state index contributed by atoms with van der Waals surface area (Å²) in [6.07, 6.45) is 2.74. The lowest BCUT2D eigenvalue weighted by Gasteiger charge is -2.23. The smallest absolute Gasteiger partial charge is 0.313 e. The van der Waals surface area contributed by atoms with Gasteiger partial charge in [0, 0.05) is 12.6 Å². The summed E-state index contributed by atoms with van der Waals surface area (Å²) in [6, 6.07) is -0.0451. The molecule has 0 heterocycles. The Labute approximate surface area is 102 Å². The topological polar surface area (TPSA) is 81.4 Å². The van der Waals surface area contributed by atoms with E-state index in [-0.39, 0.29) is 30.4 Å². The highest BCUT2D eigenvalue weighted by atomic mass is 16.5. The van der Waals surface area contributed by atoms with Crippen molar-refractivity contribution in [3.63, 3.8) is 0 Å². The van der Waals surface area contributed by atoms with Crippen molar-refractivity contribution in [2.24, 2.45) is 17.1 Å². The monoisotopic (exact) mass is 242 g/mol. The average molecular weight is 242 g/mol. The third kappa shape index (κ3) is 3.43. The van der Waals surface area contributed by atoms with Crippen LogP contribution in [0.25, 0.3) is 0 Å². The first-order chi connectivity index (χ1) is 7.88. The number of carbonyl (C=O) groups excluding carboxylic acids is 2. The van der Waals surface area contributed by atoms with Crippen molar-refractivity contribution in [1.29, 1.82) is 0 Å². The van der Waals surface area contributed by atoms with Gasteiger partial charge < -0.3 is 15.8 Å². The van der Waals surface area contributed by atoms with Crippen molar-refractivity contribution in [2.75, 3.05) is 13.7 Å². The van der Waals surface area contributed by atoms with E-state index in [1.54, 1.807) is 13.8 Å². The maximum absolute atomic E-state index is 11.9. The molecular weight excluding hydrogens is 220 g/mol. The summed E-state index contributed by atoms with van der Waals surface area (Å²) >= 11 is 0. The van der Waals surface area contributed by atoms with Crippen molar-refractivity contribution < 1.29 is 14.3 Å². The minimum Gasteiger partial charge on any atom is -0.469 e. The molecule has 1 aliphatic carbocycles. The fraction of sp³-hybridized carbons (Fsp3) is 0.833. The zero-order valence-electron chi connectivity index (χ0n) is 10.8. The number of rotatable bonds is 4. The van der Waals surface area contributed by atoms with Crippen LogP contribution in [0.2, 0.25) is 0 Å². The van der Waals surface area contributed by atoms with Gasteiger partial charge in [0.25, 0.3) is 0 Å². The molecule has 0 aromatic rings. The molecular formula is C12H22N2O3. The number of amides is 1. The SMILES string of the molecule is COC(=O)C(C)(C)CNC(=O)C1CCCC1N. The Morgan fingerprint density at radius 3 is 2.53 bits per heavy atom. The quantitative estimate of drug-likeness (QED) is 0.700. The van der Waals surface area contributed by atoms with E-state index in [4.69, 9.17) is 5.73 Å². The van der Waals surface area contributed by atoms with E-state index in [2.05, 4.69) is 10.1 Å². The molecule has 0 aromatic heterocycles. The molecule has 5 nitrogen and oxygen atoms in total. The maximum atomic E-state index is 11.9. The van der Waals surface area contributed by atoms with Crippen molar-refractivity contribution in [3.8, 4) is 0 Å². The third-order valence-electron chi connectivity index (χ3n) is 3.35. The number of hydrogen-bond donors (Lipinski definition) is 2. The molecule has 1 amide bonds. The third-order valence-corrected chi connectivity index (χ3v) is 3.35. The van der Waals surface area contributed by atoms with E-state index < -0.39 is 5.41 Å². The van der Waals surface area contributed by atoms with E-state index in [0.717, 1.165) is 19.3 Å². The van der Waals surface area contributed by atoms with Crippen LogP contribution < -0.4 is 11.1 Å². The van der Waals surface area contributed by atoms with Crippen LogP contribution in [0.5, 0.6) is 0 Å². The number of hydrogen-bond acceptors (Lipinski definition) is 4. The summed E-state index contributed by atoms with van der Waals surface area (Å²) in [5.41, 5.74) is 5.15. The van der Waals surface area contributed by atoms with Gasteiger partial charge in [0.05, 0.1) is 18.4 Å². The van der Waals surface area contributed by atoms with Crippen molar-refractivity contribution >= 4 is 11.9 Å². The number of nitrogens with one attached hydrogen (secondary N) is 1.